The van der Waals surface area contributed by atoms with Crippen molar-refractivity contribution in [1.82, 2.24) is 10.6 Å². The van der Waals surface area contributed by atoms with Gasteiger partial charge in [-0.05, 0) is 34.1 Å². The van der Waals surface area contributed by atoms with Gasteiger partial charge in [-0.2, -0.15) is 0 Å². The van der Waals surface area contributed by atoms with Gasteiger partial charge in [0.05, 0.1) is 19.8 Å². The minimum absolute atomic E-state index is 0.0197. The topological polar surface area (TPSA) is 76.7 Å². The Morgan fingerprint density at radius 1 is 1.06 bits per heavy atom. The van der Waals surface area contributed by atoms with Gasteiger partial charge in [-0.15, -0.1) is 0 Å². The van der Waals surface area contributed by atoms with E-state index in [2.05, 4.69) is 10.6 Å². The van der Waals surface area contributed by atoms with Crippen LogP contribution >= 0.6 is 0 Å². The zero-order valence-electron chi connectivity index (χ0n) is 11.6. The molecule has 0 saturated carbocycles. The van der Waals surface area contributed by atoms with Crippen LogP contribution in [0, 0.1) is 0 Å². The van der Waals surface area contributed by atoms with Crippen molar-refractivity contribution in [2.24, 2.45) is 0 Å². The third-order valence-corrected chi connectivity index (χ3v) is 2.25. The highest BCUT2D eigenvalue weighted by Crippen LogP contribution is 1.98. The lowest BCUT2D eigenvalue weighted by Crippen LogP contribution is -2.40. The number of hydrogen-bond donors (Lipinski definition) is 2. The second-order valence-electron chi connectivity index (χ2n) is 4.09. The summed E-state index contributed by atoms with van der Waals surface area (Å²) in [6, 6.07) is 0.0834. The molecule has 1 amide bonds. The highest BCUT2D eigenvalue weighted by Gasteiger charge is 2.12. The maximum absolute atomic E-state index is 11.2. The van der Waals surface area contributed by atoms with Gasteiger partial charge in [0.25, 0.3) is 0 Å². The number of amides is 1. The molecular formula is C12H24N2O4. The fourth-order valence-electron chi connectivity index (χ4n) is 1.52. The Morgan fingerprint density at radius 3 is 2.22 bits per heavy atom. The molecule has 6 heteroatoms. The molecule has 0 aliphatic rings. The van der Waals surface area contributed by atoms with E-state index in [0.717, 1.165) is 0 Å². The zero-order valence-corrected chi connectivity index (χ0v) is 11.6. The molecule has 0 heterocycles. The quantitative estimate of drug-likeness (QED) is 0.638. The van der Waals surface area contributed by atoms with Gasteiger partial charge in [-0.1, -0.05) is 0 Å². The van der Waals surface area contributed by atoms with Crippen molar-refractivity contribution in [1.29, 1.82) is 0 Å². The number of rotatable bonds is 8. The number of alkyl carbamates (subject to hydrolysis) is 1. The molecule has 2 N–H and O–H groups in total. The van der Waals surface area contributed by atoms with E-state index >= 15 is 0 Å². The van der Waals surface area contributed by atoms with Gasteiger partial charge in [0, 0.05) is 12.1 Å². The summed E-state index contributed by atoms with van der Waals surface area (Å²) in [6.07, 6.45) is 0.292. The summed E-state index contributed by atoms with van der Waals surface area (Å²) in [5.41, 5.74) is 0. The molecule has 0 aliphatic heterocycles. The first-order chi connectivity index (χ1) is 8.49. The number of carbonyl (C=O) groups excluding carboxylic acids is 2. The summed E-state index contributed by atoms with van der Waals surface area (Å²) >= 11 is 0. The Hall–Kier alpha value is -1.30. The first-order valence-electron chi connectivity index (χ1n) is 6.31. The maximum Gasteiger partial charge on any atom is 0.407 e. The number of carbonyl (C=O) groups is 2. The summed E-state index contributed by atoms with van der Waals surface area (Å²) in [7, 11) is 0. The molecule has 0 fully saturated rings. The molecule has 2 atom stereocenters. The number of nitrogens with one attached hydrogen (secondary N) is 2. The summed E-state index contributed by atoms with van der Waals surface area (Å²) in [5.74, 6) is -0.268. The van der Waals surface area contributed by atoms with Gasteiger partial charge in [0.15, 0.2) is 0 Å². The van der Waals surface area contributed by atoms with Crippen LogP contribution in [0.4, 0.5) is 4.79 Å². The van der Waals surface area contributed by atoms with E-state index in [-0.39, 0.29) is 24.6 Å². The standard InChI is InChI=1S/C12H24N2O4/c1-5-17-11(15)8-13-9(3)7-10(4)14-12(16)18-6-2/h9-10,13H,5-8H2,1-4H3,(H,14,16). The van der Waals surface area contributed by atoms with E-state index in [9.17, 15) is 9.59 Å². The van der Waals surface area contributed by atoms with Crippen LogP contribution in [-0.2, 0) is 14.3 Å². The first kappa shape index (κ1) is 16.7. The van der Waals surface area contributed by atoms with Crippen molar-refractivity contribution >= 4 is 12.1 Å². The minimum Gasteiger partial charge on any atom is -0.465 e. The van der Waals surface area contributed by atoms with Crippen molar-refractivity contribution in [3.63, 3.8) is 0 Å². The molecule has 0 aromatic rings. The molecule has 0 aromatic carbocycles. The molecule has 0 rings (SSSR count). The van der Waals surface area contributed by atoms with Gasteiger partial charge in [0.2, 0.25) is 0 Å². The summed E-state index contributed by atoms with van der Waals surface area (Å²) < 4.78 is 9.58. The first-order valence-corrected chi connectivity index (χ1v) is 6.31. The van der Waals surface area contributed by atoms with Gasteiger partial charge >= 0.3 is 12.1 Å². The maximum atomic E-state index is 11.2. The lowest BCUT2D eigenvalue weighted by Gasteiger charge is -2.19. The molecule has 0 bridgehead atoms. The van der Waals surface area contributed by atoms with E-state index in [4.69, 9.17) is 9.47 Å². The predicted octanol–water partition coefficient (Wildman–Crippen LogP) is 1.05. The van der Waals surface area contributed by atoms with Crippen molar-refractivity contribution in [2.45, 2.75) is 46.2 Å². The van der Waals surface area contributed by atoms with Crippen LogP contribution in [-0.4, -0.2) is 43.9 Å². The average molecular weight is 260 g/mol. The van der Waals surface area contributed by atoms with Crippen LogP contribution in [0.5, 0.6) is 0 Å². The smallest absolute Gasteiger partial charge is 0.407 e. The van der Waals surface area contributed by atoms with Crippen molar-refractivity contribution in [3.8, 4) is 0 Å². The molecule has 106 valence electrons. The number of ether oxygens (including phenoxy) is 2. The Balaban J connectivity index is 3.76. The van der Waals surface area contributed by atoms with Crippen LogP contribution in [0.3, 0.4) is 0 Å². The van der Waals surface area contributed by atoms with Crippen molar-refractivity contribution in [3.05, 3.63) is 0 Å². The van der Waals surface area contributed by atoms with E-state index in [1.807, 2.05) is 13.8 Å². The number of hydrogen-bond acceptors (Lipinski definition) is 5. The summed E-state index contributed by atoms with van der Waals surface area (Å²) in [6.45, 7) is 8.29. The Labute approximate surface area is 108 Å². The predicted molar refractivity (Wildman–Crippen MR) is 68.3 cm³/mol. The lowest BCUT2D eigenvalue weighted by atomic mass is 10.1. The highest BCUT2D eigenvalue weighted by molar-refractivity contribution is 5.71. The summed E-state index contributed by atoms with van der Waals surface area (Å²) in [5, 5.41) is 5.74. The van der Waals surface area contributed by atoms with Gasteiger partial charge in [0.1, 0.15) is 0 Å². The molecule has 0 aromatic heterocycles. The van der Waals surface area contributed by atoms with Crippen LogP contribution in [0.15, 0.2) is 0 Å². The minimum atomic E-state index is -0.414. The normalized spacial score (nSPS) is 13.6. The summed E-state index contributed by atoms with van der Waals surface area (Å²) in [4.78, 5) is 22.3. The van der Waals surface area contributed by atoms with Crippen LogP contribution in [0.1, 0.15) is 34.1 Å². The van der Waals surface area contributed by atoms with Crippen molar-refractivity contribution in [2.75, 3.05) is 19.8 Å². The third kappa shape index (κ3) is 8.81. The second-order valence-corrected chi connectivity index (χ2v) is 4.09. The molecule has 6 nitrogen and oxygen atoms in total. The van der Waals surface area contributed by atoms with Crippen LogP contribution in [0.2, 0.25) is 0 Å². The average Bonchev–Trinajstić information content (AvgIpc) is 2.26. The van der Waals surface area contributed by atoms with E-state index in [1.54, 1.807) is 13.8 Å². The van der Waals surface area contributed by atoms with E-state index < -0.39 is 6.09 Å². The molecule has 0 spiro atoms. The fourth-order valence-corrected chi connectivity index (χ4v) is 1.52. The van der Waals surface area contributed by atoms with E-state index in [0.29, 0.717) is 19.6 Å². The van der Waals surface area contributed by atoms with Crippen LogP contribution in [0.25, 0.3) is 0 Å². The molecule has 18 heavy (non-hydrogen) atoms. The Morgan fingerprint density at radius 2 is 1.67 bits per heavy atom. The molecular weight excluding hydrogens is 236 g/mol. The molecule has 2 unspecified atom stereocenters. The SMILES string of the molecule is CCOC(=O)CNC(C)CC(C)NC(=O)OCC. The monoisotopic (exact) mass is 260 g/mol. The van der Waals surface area contributed by atoms with Gasteiger partial charge < -0.3 is 20.1 Å². The molecule has 0 saturated heterocycles. The van der Waals surface area contributed by atoms with E-state index in [1.165, 1.54) is 0 Å². The number of esters is 1. The second kappa shape index (κ2) is 9.70. The largest absolute Gasteiger partial charge is 0.465 e. The zero-order chi connectivity index (χ0) is 14.0. The fraction of sp³-hybridized carbons (Fsp3) is 0.833. The van der Waals surface area contributed by atoms with Crippen LogP contribution < -0.4 is 10.6 Å². The third-order valence-electron chi connectivity index (χ3n) is 2.25. The lowest BCUT2D eigenvalue weighted by molar-refractivity contribution is -0.142. The Bertz CT molecular complexity index is 258. The van der Waals surface area contributed by atoms with Gasteiger partial charge in [-0.3, -0.25) is 4.79 Å². The van der Waals surface area contributed by atoms with Crippen molar-refractivity contribution < 1.29 is 19.1 Å². The molecule has 0 aliphatic carbocycles. The highest BCUT2D eigenvalue weighted by atomic mass is 16.5. The Kier molecular flexibility index (Phi) is 9.00. The molecule has 0 radical (unpaired) electrons. The van der Waals surface area contributed by atoms with Gasteiger partial charge in [-0.25, -0.2) is 4.79 Å².